The highest BCUT2D eigenvalue weighted by Crippen LogP contribution is 2.52. The minimum absolute atomic E-state index is 0.0191. The van der Waals surface area contributed by atoms with Gasteiger partial charge in [0.1, 0.15) is 0 Å². The number of carbonyl (C=O) groups excluding carboxylic acids is 1. The minimum Gasteiger partial charge on any atom is -0.395 e. The zero-order chi connectivity index (χ0) is 26.0. The number of rotatable bonds is 5. The van der Waals surface area contributed by atoms with Crippen LogP contribution >= 0.6 is 0 Å². The Morgan fingerprint density at radius 1 is 1.08 bits per heavy atom. The second-order valence-corrected chi connectivity index (χ2v) is 11.6. The van der Waals surface area contributed by atoms with E-state index in [1.165, 1.54) is 17.8 Å². The predicted octanol–water partition coefficient (Wildman–Crippen LogP) is 6.36. The summed E-state index contributed by atoms with van der Waals surface area (Å²) in [7, 11) is 0. The van der Waals surface area contributed by atoms with Crippen LogP contribution in [0.5, 0.6) is 11.5 Å². The maximum Gasteiger partial charge on any atom is 0.586 e. The number of carbonyl (C=O) groups is 1. The smallest absolute Gasteiger partial charge is 0.395 e. The molecule has 1 aromatic heterocycles. The third-order valence-electron chi connectivity index (χ3n) is 7.76. The summed E-state index contributed by atoms with van der Waals surface area (Å²) >= 11 is 0. The molecule has 1 unspecified atom stereocenters. The van der Waals surface area contributed by atoms with Crippen molar-refractivity contribution in [3.63, 3.8) is 0 Å². The fourth-order valence-electron chi connectivity index (χ4n) is 5.65. The molecule has 3 heterocycles. The Labute approximate surface area is 214 Å². The number of hydrogen-bond donors (Lipinski definition) is 1. The number of fused-ring (bicyclic) bond motifs is 2. The van der Waals surface area contributed by atoms with Crippen molar-refractivity contribution in [2.45, 2.75) is 70.1 Å². The van der Waals surface area contributed by atoms with E-state index < -0.39 is 11.7 Å². The molecule has 1 aliphatic carbocycles. The minimum atomic E-state index is -3.68. The van der Waals surface area contributed by atoms with E-state index in [-0.39, 0.29) is 22.8 Å². The highest BCUT2D eigenvalue weighted by molar-refractivity contribution is 6.02. The highest BCUT2D eigenvalue weighted by Gasteiger charge is 2.52. The summed E-state index contributed by atoms with van der Waals surface area (Å²) in [5.74, 6) is 0.283. The summed E-state index contributed by atoms with van der Waals surface area (Å²) in [5.41, 5.74) is 2.98. The average molecular weight is 511 g/mol. The molecule has 1 N–H and O–H groups in total. The van der Waals surface area contributed by atoms with Gasteiger partial charge in [0.25, 0.3) is 0 Å². The van der Waals surface area contributed by atoms with Gasteiger partial charge in [-0.25, -0.2) is 0 Å². The van der Waals surface area contributed by atoms with E-state index in [9.17, 15) is 13.6 Å². The first-order chi connectivity index (χ1) is 17.5. The Balaban J connectivity index is 1.26. The van der Waals surface area contributed by atoms with Gasteiger partial charge in [-0.1, -0.05) is 26.8 Å². The fraction of sp³-hybridized carbons (Fsp3) is 0.483. The van der Waals surface area contributed by atoms with E-state index >= 15 is 0 Å². The molecule has 0 bridgehead atoms. The van der Waals surface area contributed by atoms with Crippen LogP contribution in [0, 0.1) is 5.92 Å². The van der Waals surface area contributed by atoms with Gasteiger partial charge in [0, 0.05) is 46.8 Å². The molecule has 1 amide bonds. The van der Waals surface area contributed by atoms with Crippen LogP contribution in [0.15, 0.2) is 42.5 Å². The van der Waals surface area contributed by atoms with Crippen LogP contribution in [0.4, 0.5) is 14.5 Å². The molecule has 3 aromatic rings. The zero-order valence-electron chi connectivity index (χ0n) is 21.4. The first-order valence-corrected chi connectivity index (χ1v) is 13.0. The number of benzene rings is 2. The van der Waals surface area contributed by atoms with Crippen molar-refractivity contribution in [3.8, 4) is 11.5 Å². The maximum absolute atomic E-state index is 13.5. The number of nitrogens with one attached hydrogen (secondary N) is 1. The zero-order valence-corrected chi connectivity index (χ0v) is 21.4. The van der Waals surface area contributed by atoms with Crippen molar-refractivity contribution >= 4 is 22.5 Å². The molecule has 196 valence electrons. The second kappa shape index (κ2) is 8.45. The van der Waals surface area contributed by atoms with Crippen LogP contribution in [0.25, 0.3) is 10.9 Å². The molecule has 1 saturated carbocycles. The molecular formula is C29H32F2N2O4. The molecule has 37 heavy (non-hydrogen) atoms. The van der Waals surface area contributed by atoms with E-state index in [2.05, 4.69) is 52.3 Å². The van der Waals surface area contributed by atoms with Crippen LogP contribution in [0.3, 0.4) is 0 Å². The predicted molar refractivity (Wildman–Crippen MR) is 136 cm³/mol. The molecule has 8 heteroatoms. The summed E-state index contributed by atoms with van der Waals surface area (Å²) in [6.45, 7) is 9.20. The van der Waals surface area contributed by atoms with Crippen molar-refractivity contribution in [2.24, 2.45) is 5.92 Å². The van der Waals surface area contributed by atoms with Gasteiger partial charge in [0.15, 0.2) is 11.5 Å². The van der Waals surface area contributed by atoms with E-state index in [4.69, 9.17) is 4.74 Å². The normalized spacial score (nSPS) is 21.7. The molecule has 6 rings (SSSR count). The Bertz CT molecular complexity index is 1360. The third kappa shape index (κ3) is 4.45. The lowest BCUT2D eigenvalue weighted by Gasteiger charge is -2.27. The molecule has 2 aromatic carbocycles. The van der Waals surface area contributed by atoms with Gasteiger partial charge < -0.3 is 24.1 Å². The summed E-state index contributed by atoms with van der Waals surface area (Å²) in [5, 5.41) is 4.16. The lowest BCUT2D eigenvalue weighted by molar-refractivity contribution is -0.286. The average Bonchev–Trinajstić information content (AvgIpc) is 3.48. The third-order valence-corrected chi connectivity index (χ3v) is 7.76. The standard InChI is InChI=1S/C29H32F2N2O4/c1-27(2,3)25-14-19-13-21(7-8-22(19)33(25)16-18-5-4-12-35-17-18)32-26(34)28(10-11-28)20-6-9-23-24(15-20)37-29(30,31)36-23/h6-9,13-15,18H,4-5,10-12,16-17H2,1-3H3,(H,32,34). The van der Waals surface area contributed by atoms with Gasteiger partial charge in [-0.2, -0.15) is 0 Å². The SMILES string of the molecule is CC(C)(C)c1cc2cc(NC(=O)C3(c4ccc5c(c4)OC(F)(F)O5)CC3)ccc2n1CC1CCCOC1. The number of alkyl halides is 2. The first kappa shape index (κ1) is 24.2. The summed E-state index contributed by atoms with van der Waals surface area (Å²) in [6, 6.07) is 12.9. The van der Waals surface area contributed by atoms with Crippen molar-refractivity contribution in [3.05, 3.63) is 53.7 Å². The molecule has 0 radical (unpaired) electrons. The molecule has 3 aliphatic rings. The number of nitrogens with zero attached hydrogens (tertiary/aromatic N) is 1. The van der Waals surface area contributed by atoms with Crippen LogP contribution in [-0.2, 0) is 26.9 Å². The number of amides is 1. The Hall–Kier alpha value is -3.13. The monoisotopic (exact) mass is 510 g/mol. The number of aromatic nitrogens is 1. The fourth-order valence-corrected chi connectivity index (χ4v) is 5.65. The molecule has 2 fully saturated rings. The van der Waals surface area contributed by atoms with Crippen molar-refractivity contribution in [2.75, 3.05) is 18.5 Å². The molecule has 0 spiro atoms. The van der Waals surface area contributed by atoms with Crippen LogP contribution in [0.1, 0.15) is 57.7 Å². The highest BCUT2D eigenvalue weighted by atomic mass is 19.3. The van der Waals surface area contributed by atoms with E-state index in [1.807, 2.05) is 12.1 Å². The van der Waals surface area contributed by atoms with E-state index in [1.54, 1.807) is 6.07 Å². The lowest BCUT2D eigenvalue weighted by Crippen LogP contribution is -2.28. The molecule has 6 nitrogen and oxygen atoms in total. The van der Waals surface area contributed by atoms with E-state index in [0.717, 1.165) is 49.2 Å². The Morgan fingerprint density at radius 3 is 2.57 bits per heavy atom. The lowest BCUT2D eigenvalue weighted by atomic mass is 9.91. The molecular weight excluding hydrogens is 478 g/mol. The van der Waals surface area contributed by atoms with Gasteiger partial charge in [0.2, 0.25) is 5.91 Å². The van der Waals surface area contributed by atoms with Crippen LogP contribution in [0.2, 0.25) is 0 Å². The molecule has 1 saturated heterocycles. The molecule has 1 atom stereocenters. The Morgan fingerprint density at radius 2 is 1.86 bits per heavy atom. The van der Waals surface area contributed by atoms with Gasteiger partial charge in [-0.15, -0.1) is 8.78 Å². The van der Waals surface area contributed by atoms with Crippen molar-refractivity contribution in [1.29, 1.82) is 0 Å². The largest absolute Gasteiger partial charge is 0.586 e. The quantitative estimate of drug-likeness (QED) is 0.434. The first-order valence-electron chi connectivity index (χ1n) is 13.0. The summed E-state index contributed by atoms with van der Waals surface area (Å²) in [4.78, 5) is 13.4. The van der Waals surface area contributed by atoms with Gasteiger partial charge in [0.05, 0.1) is 12.0 Å². The number of halogens is 2. The van der Waals surface area contributed by atoms with Gasteiger partial charge in [-0.3, -0.25) is 4.79 Å². The van der Waals surface area contributed by atoms with Crippen molar-refractivity contribution < 1.29 is 27.8 Å². The summed E-state index contributed by atoms with van der Waals surface area (Å²) in [6.07, 6.45) is -0.132. The second-order valence-electron chi connectivity index (χ2n) is 11.6. The van der Waals surface area contributed by atoms with Crippen LogP contribution < -0.4 is 14.8 Å². The topological polar surface area (TPSA) is 61.7 Å². The van der Waals surface area contributed by atoms with E-state index in [0.29, 0.717) is 24.3 Å². The van der Waals surface area contributed by atoms with Gasteiger partial charge in [-0.05, 0) is 67.6 Å². The number of hydrogen-bond acceptors (Lipinski definition) is 4. The van der Waals surface area contributed by atoms with Crippen LogP contribution in [-0.4, -0.2) is 30.0 Å². The van der Waals surface area contributed by atoms with Gasteiger partial charge >= 0.3 is 6.29 Å². The number of anilines is 1. The number of ether oxygens (including phenoxy) is 3. The molecule has 2 aliphatic heterocycles. The Kier molecular flexibility index (Phi) is 5.53. The maximum atomic E-state index is 13.5. The summed E-state index contributed by atoms with van der Waals surface area (Å²) < 4.78 is 44.2. The van der Waals surface area contributed by atoms with Crippen molar-refractivity contribution in [1.82, 2.24) is 4.57 Å².